The van der Waals surface area contributed by atoms with Crippen molar-refractivity contribution in [2.24, 2.45) is 0 Å². The minimum Gasteiger partial charge on any atom is -0.457 e. The van der Waals surface area contributed by atoms with Crippen LogP contribution in [0.1, 0.15) is 12.5 Å². The Bertz CT molecular complexity index is 604. The fraction of sp³-hybridized carbons (Fsp3) is 0.200. The van der Waals surface area contributed by atoms with Crippen LogP contribution in [0, 0.1) is 5.82 Å². The highest BCUT2D eigenvalue weighted by Crippen LogP contribution is 2.32. The lowest BCUT2D eigenvalue weighted by Crippen LogP contribution is -2.12. The molecule has 2 aromatic rings. The van der Waals surface area contributed by atoms with E-state index in [1.165, 1.54) is 18.2 Å². The minimum absolute atomic E-state index is 0.0257. The van der Waals surface area contributed by atoms with Gasteiger partial charge in [0.15, 0.2) is 0 Å². The molecule has 0 aliphatic carbocycles. The predicted molar refractivity (Wildman–Crippen MR) is 80.3 cm³/mol. The van der Waals surface area contributed by atoms with Crippen LogP contribution in [-0.2, 0) is 6.54 Å². The van der Waals surface area contributed by atoms with Gasteiger partial charge in [0.05, 0.1) is 5.02 Å². The third-order valence-electron chi connectivity index (χ3n) is 2.75. The van der Waals surface area contributed by atoms with Crippen LogP contribution >= 0.6 is 23.2 Å². The first kappa shape index (κ1) is 15.1. The molecule has 0 saturated heterocycles. The Morgan fingerprint density at radius 2 is 1.95 bits per heavy atom. The number of hydrogen-bond acceptors (Lipinski definition) is 2. The van der Waals surface area contributed by atoms with Crippen LogP contribution in [-0.4, -0.2) is 6.54 Å². The second kappa shape index (κ2) is 6.93. The maximum absolute atomic E-state index is 13.1. The number of ether oxygens (including phenoxy) is 1. The summed E-state index contributed by atoms with van der Waals surface area (Å²) in [6, 6.07) is 9.66. The summed E-state index contributed by atoms with van der Waals surface area (Å²) in [5, 5.41) is 3.85. The third-order valence-corrected chi connectivity index (χ3v) is 3.39. The third kappa shape index (κ3) is 3.63. The highest BCUT2D eigenvalue weighted by atomic mass is 35.5. The Labute approximate surface area is 127 Å². The SMILES string of the molecule is CCNCc1c(Cl)cccc1Oc1ccc(F)c(Cl)c1. The number of benzene rings is 2. The van der Waals surface area contributed by atoms with Gasteiger partial charge in [0.25, 0.3) is 0 Å². The second-order valence-electron chi connectivity index (χ2n) is 4.17. The summed E-state index contributed by atoms with van der Waals surface area (Å²) >= 11 is 11.9. The van der Waals surface area contributed by atoms with Gasteiger partial charge in [-0.25, -0.2) is 4.39 Å². The molecule has 0 bridgehead atoms. The number of nitrogens with one attached hydrogen (secondary N) is 1. The Balaban J connectivity index is 2.28. The van der Waals surface area contributed by atoms with E-state index in [9.17, 15) is 4.39 Å². The monoisotopic (exact) mass is 313 g/mol. The predicted octanol–water partition coefficient (Wildman–Crippen LogP) is 5.03. The molecular formula is C15H14Cl2FNO. The summed E-state index contributed by atoms with van der Waals surface area (Å²) in [5.41, 5.74) is 0.858. The van der Waals surface area contributed by atoms with Crippen molar-refractivity contribution in [1.29, 1.82) is 0 Å². The molecule has 0 unspecified atom stereocenters. The highest BCUT2D eigenvalue weighted by Gasteiger charge is 2.10. The molecule has 0 aliphatic rings. The first-order valence-corrected chi connectivity index (χ1v) is 6.98. The van der Waals surface area contributed by atoms with E-state index < -0.39 is 5.82 Å². The topological polar surface area (TPSA) is 21.3 Å². The summed E-state index contributed by atoms with van der Waals surface area (Å²) in [6.45, 7) is 3.44. The number of halogens is 3. The first-order valence-electron chi connectivity index (χ1n) is 6.23. The zero-order valence-electron chi connectivity index (χ0n) is 10.9. The van der Waals surface area contributed by atoms with E-state index in [2.05, 4.69) is 5.32 Å². The van der Waals surface area contributed by atoms with E-state index >= 15 is 0 Å². The zero-order chi connectivity index (χ0) is 14.5. The van der Waals surface area contributed by atoms with Gasteiger partial charge in [-0.2, -0.15) is 0 Å². The van der Waals surface area contributed by atoms with Crippen molar-refractivity contribution in [3.8, 4) is 11.5 Å². The van der Waals surface area contributed by atoms with Crippen LogP contribution in [0.15, 0.2) is 36.4 Å². The van der Waals surface area contributed by atoms with Gasteiger partial charge in [0.1, 0.15) is 17.3 Å². The average molecular weight is 314 g/mol. The normalized spacial score (nSPS) is 10.6. The number of hydrogen-bond donors (Lipinski definition) is 1. The van der Waals surface area contributed by atoms with Crippen LogP contribution in [0.3, 0.4) is 0 Å². The molecule has 2 nitrogen and oxygen atoms in total. The fourth-order valence-corrected chi connectivity index (χ4v) is 2.13. The Kier molecular flexibility index (Phi) is 5.24. The lowest BCUT2D eigenvalue weighted by Gasteiger charge is -2.13. The van der Waals surface area contributed by atoms with Crippen LogP contribution in [0.25, 0.3) is 0 Å². The molecule has 0 heterocycles. The second-order valence-corrected chi connectivity index (χ2v) is 4.99. The molecule has 0 aliphatic heterocycles. The Morgan fingerprint density at radius 1 is 1.15 bits per heavy atom. The van der Waals surface area contributed by atoms with E-state index in [0.29, 0.717) is 23.1 Å². The molecule has 0 fully saturated rings. The van der Waals surface area contributed by atoms with Crippen LogP contribution < -0.4 is 10.1 Å². The van der Waals surface area contributed by atoms with Crippen molar-refractivity contribution in [2.75, 3.05) is 6.54 Å². The van der Waals surface area contributed by atoms with Crippen molar-refractivity contribution in [1.82, 2.24) is 5.32 Å². The zero-order valence-corrected chi connectivity index (χ0v) is 12.4. The van der Waals surface area contributed by atoms with Gasteiger partial charge in [-0.1, -0.05) is 36.2 Å². The molecule has 0 spiro atoms. The molecule has 0 amide bonds. The maximum atomic E-state index is 13.1. The standard InChI is InChI=1S/C15H14Cl2FNO/c1-2-19-9-11-12(16)4-3-5-15(11)20-10-6-7-14(18)13(17)8-10/h3-8,19H,2,9H2,1H3. The van der Waals surface area contributed by atoms with Crippen molar-refractivity contribution in [2.45, 2.75) is 13.5 Å². The van der Waals surface area contributed by atoms with Gasteiger partial charge in [0, 0.05) is 23.2 Å². The fourth-order valence-electron chi connectivity index (χ4n) is 1.72. The first-order chi connectivity index (χ1) is 9.61. The van der Waals surface area contributed by atoms with E-state index in [1.54, 1.807) is 12.1 Å². The summed E-state index contributed by atoms with van der Waals surface area (Å²) < 4.78 is 18.9. The molecule has 1 N–H and O–H groups in total. The highest BCUT2D eigenvalue weighted by molar-refractivity contribution is 6.31. The van der Waals surface area contributed by atoms with Crippen molar-refractivity contribution < 1.29 is 9.13 Å². The van der Waals surface area contributed by atoms with E-state index in [1.807, 2.05) is 13.0 Å². The van der Waals surface area contributed by atoms with E-state index in [0.717, 1.165) is 12.1 Å². The van der Waals surface area contributed by atoms with Gasteiger partial charge in [0.2, 0.25) is 0 Å². The van der Waals surface area contributed by atoms with Gasteiger partial charge in [-0.05, 0) is 30.8 Å². The van der Waals surface area contributed by atoms with E-state index in [4.69, 9.17) is 27.9 Å². The Hall–Kier alpha value is -1.29. The average Bonchev–Trinajstić information content (AvgIpc) is 2.42. The lowest BCUT2D eigenvalue weighted by molar-refractivity contribution is 0.471. The maximum Gasteiger partial charge on any atom is 0.142 e. The van der Waals surface area contributed by atoms with Crippen LogP contribution in [0.5, 0.6) is 11.5 Å². The van der Waals surface area contributed by atoms with Gasteiger partial charge in [-0.15, -0.1) is 0 Å². The smallest absolute Gasteiger partial charge is 0.142 e. The molecule has 5 heteroatoms. The summed E-state index contributed by atoms with van der Waals surface area (Å²) in [7, 11) is 0. The Morgan fingerprint density at radius 3 is 2.65 bits per heavy atom. The molecule has 2 aromatic carbocycles. The van der Waals surface area contributed by atoms with Gasteiger partial charge < -0.3 is 10.1 Å². The van der Waals surface area contributed by atoms with Crippen LogP contribution in [0.2, 0.25) is 10.0 Å². The van der Waals surface area contributed by atoms with Gasteiger partial charge in [-0.3, -0.25) is 0 Å². The summed E-state index contributed by atoms with van der Waals surface area (Å²) in [5.74, 6) is 0.621. The van der Waals surface area contributed by atoms with Crippen molar-refractivity contribution in [3.05, 3.63) is 57.8 Å². The number of rotatable bonds is 5. The largest absolute Gasteiger partial charge is 0.457 e. The molecule has 0 atom stereocenters. The summed E-state index contributed by atoms with van der Waals surface area (Å²) in [6.07, 6.45) is 0. The molecule has 0 radical (unpaired) electrons. The molecule has 106 valence electrons. The minimum atomic E-state index is -0.474. The molecule has 20 heavy (non-hydrogen) atoms. The molecule has 0 saturated carbocycles. The quantitative estimate of drug-likeness (QED) is 0.835. The van der Waals surface area contributed by atoms with E-state index in [-0.39, 0.29) is 5.02 Å². The molecule has 0 aromatic heterocycles. The lowest BCUT2D eigenvalue weighted by atomic mass is 10.2. The van der Waals surface area contributed by atoms with Gasteiger partial charge >= 0.3 is 0 Å². The summed E-state index contributed by atoms with van der Waals surface area (Å²) in [4.78, 5) is 0. The van der Waals surface area contributed by atoms with Crippen molar-refractivity contribution in [3.63, 3.8) is 0 Å². The molecule has 2 rings (SSSR count). The molecular weight excluding hydrogens is 300 g/mol. The van der Waals surface area contributed by atoms with Crippen molar-refractivity contribution >= 4 is 23.2 Å². The van der Waals surface area contributed by atoms with Crippen LogP contribution in [0.4, 0.5) is 4.39 Å².